The summed E-state index contributed by atoms with van der Waals surface area (Å²) in [6.07, 6.45) is -4.83. The van der Waals surface area contributed by atoms with E-state index in [2.05, 4.69) is 0 Å². The first kappa shape index (κ1) is 11.7. The first-order valence-electron chi connectivity index (χ1n) is 3.92. The maximum Gasteiger partial charge on any atom is 0.389 e. The Labute approximate surface area is 89.4 Å². The van der Waals surface area contributed by atoms with Crippen LogP contribution in [-0.2, 0) is 0 Å². The van der Waals surface area contributed by atoms with Gasteiger partial charge in [-0.2, -0.15) is 13.2 Å². The summed E-state index contributed by atoms with van der Waals surface area (Å²) in [5.74, 6) is 0.0468. The van der Waals surface area contributed by atoms with E-state index < -0.39 is 12.6 Å². The Bertz CT molecular complexity index is 281. The average Bonchev–Trinajstić information content (AvgIpc) is 2.06. The molecule has 0 aromatic heterocycles. The lowest BCUT2D eigenvalue weighted by molar-refractivity contribution is -0.129. The Morgan fingerprint density at radius 3 is 2.21 bits per heavy atom. The van der Waals surface area contributed by atoms with Crippen molar-refractivity contribution < 1.29 is 13.2 Å². The highest BCUT2D eigenvalue weighted by Crippen LogP contribution is 2.26. The molecule has 0 unspecified atom stereocenters. The normalized spacial score (nSPS) is 11.7. The number of alkyl halides is 3. The Morgan fingerprint density at radius 2 is 1.71 bits per heavy atom. The van der Waals surface area contributed by atoms with Crippen LogP contribution < -0.4 is 0 Å². The summed E-state index contributed by atoms with van der Waals surface area (Å²) in [5, 5.41) is 0.588. The lowest BCUT2D eigenvalue weighted by atomic mass is 10.4. The molecule has 78 valence electrons. The van der Waals surface area contributed by atoms with Gasteiger partial charge in [0.25, 0.3) is 0 Å². The third-order valence-corrected chi connectivity index (χ3v) is 2.73. The number of halogens is 4. The van der Waals surface area contributed by atoms with E-state index >= 15 is 0 Å². The lowest BCUT2D eigenvalue weighted by Gasteiger charge is -2.05. The van der Waals surface area contributed by atoms with Gasteiger partial charge in [-0.25, -0.2) is 0 Å². The van der Waals surface area contributed by atoms with Crippen LogP contribution in [0, 0.1) is 0 Å². The van der Waals surface area contributed by atoms with Crippen molar-refractivity contribution in [2.45, 2.75) is 17.5 Å². The van der Waals surface area contributed by atoms with Gasteiger partial charge in [0.2, 0.25) is 0 Å². The summed E-state index contributed by atoms with van der Waals surface area (Å²) in [4.78, 5) is 0.804. The van der Waals surface area contributed by atoms with Gasteiger partial charge in [0.05, 0.1) is 6.42 Å². The number of benzene rings is 1. The molecule has 0 aliphatic carbocycles. The van der Waals surface area contributed by atoms with E-state index in [1.165, 1.54) is 11.8 Å². The van der Waals surface area contributed by atoms with Crippen LogP contribution in [0.3, 0.4) is 0 Å². The lowest BCUT2D eigenvalue weighted by Crippen LogP contribution is -2.07. The van der Waals surface area contributed by atoms with Crippen LogP contribution in [0.5, 0.6) is 0 Å². The number of rotatable bonds is 3. The third kappa shape index (κ3) is 4.77. The molecule has 14 heavy (non-hydrogen) atoms. The van der Waals surface area contributed by atoms with Crippen LogP contribution in [0.15, 0.2) is 29.2 Å². The summed E-state index contributed by atoms with van der Waals surface area (Å²) in [6.45, 7) is 0. The minimum absolute atomic E-state index is 0.0468. The average molecular weight is 241 g/mol. The van der Waals surface area contributed by atoms with Gasteiger partial charge in [-0.1, -0.05) is 11.6 Å². The fourth-order valence-corrected chi connectivity index (χ4v) is 1.84. The number of hydrogen-bond donors (Lipinski definition) is 0. The number of hydrogen-bond acceptors (Lipinski definition) is 1. The fourth-order valence-electron chi connectivity index (χ4n) is 0.815. The highest BCUT2D eigenvalue weighted by atomic mass is 35.5. The fraction of sp³-hybridized carbons (Fsp3) is 0.333. The summed E-state index contributed by atoms with van der Waals surface area (Å²) in [7, 11) is 0. The summed E-state index contributed by atoms with van der Waals surface area (Å²) in [5.41, 5.74) is 0. The van der Waals surface area contributed by atoms with Crippen molar-refractivity contribution in [3.8, 4) is 0 Å². The molecule has 1 aromatic carbocycles. The van der Waals surface area contributed by atoms with Gasteiger partial charge < -0.3 is 0 Å². The van der Waals surface area contributed by atoms with Crippen LogP contribution in [0.1, 0.15) is 6.42 Å². The SMILES string of the molecule is FC(F)(F)CCSc1ccc(Cl)cc1. The monoisotopic (exact) mass is 240 g/mol. The minimum Gasteiger partial charge on any atom is -0.171 e. The van der Waals surface area contributed by atoms with Crippen molar-refractivity contribution in [2.24, 2.45) is 0 Å². The molecule has 0 atom stereocenters. The molecule has 0 nitrogen and oxygen atoms in total. The maximum atomic E-state index is 11.8. The van der Waals surface area contributed by atoms with E-state index in [1.807, 2.05) is 0 Å². The van der Waals surface area contributed by atoms with Gasteiger partial charge >= 0.3 is 6.18 Å². The zero-order chi connectivity index (χ0) is 10.6. The highest BCUT2D eigenvalue weighted by Gasteiger charge is 2.26. The second-order valence-electron chi connectivity index (χ2n) is 2.67. The Balaban J connectivity index is 2.35. The van der Waals surface area contributed by atoms with Gasteiger partial charge in [-0.15, -0.1) is 11.8 Å². The summed E-state index contributed by atoms with van der Waals surface area (Å²) >= 11 is 6.81. The number of thioether (sulfide) groups is 1. The van der Waals surface area contributed by atoms with Crippen LogP contribution in [0.2, 0.25) is 5.02 Å². The quantitative estimate of drug-likeness (QED) is 0.707. The Hall–Kier alpha value is -0.350. The van der Waals surface area contributed by atoms with Gasteiger partial charge in [0.15, 0.2) is 0 Å². The van der Waals surface area contributed by atoms with E-state index in [0.29, 0.717) is 5.02 Å². The third-order valence-electron chi connectivity index (χ3n) is 1.47. The largest absolute Gasteiger partial charge is 0.389 e. The molecule has 5 heteroatoms. The van der Waals surface area contributed by atoms with E-state index in [1.54, 1.807) is 24.3 Å². The molecule has 0 heterocycles. The molecule has 0 N–H and O–H groups in total. The molecule has 0 saturated heterocycles. The summed E-state index contributed by atoms with van der Waals surface area (Å²) in [6, 6.07) is 6.75. The molecule has 1 aromatic rings. The van der Waals surface area contributed by atoms with Gasteiger partial charge in [-0.3, -0.25) is 0 Å². The van der Waals surface area contributed by atoms with Crippen molar-refractivity contribution in [1.29, 1.82) is 0 Å². The molecule has 0 aliphatic heterocycles. The van der Waals surface area contributed by atoms with Gasteiger partial charge in [0.1, 0.15) is 0 Å². The molecule has 0 amide bonds. The highest BCUT2D eigenvalue weighted by molar-refractivity contribution is 7.99. The van der Waals surface area contributed by atoms with Crippen molar-refractivity contribution in [2.75, 3.05) is 5.75 Å². The predicted octanol–water partition coefficient (Wildman–Crippen LogP) is 4.38. The van der Waals surface area contributed by atoms with Crippen LogP contribution in [0.4, 0.5) is 13.2 Å². The first-order chi connectivity index (χ1) is 6.47. The van der Waals surface area contributed by atoms with E-state index in [0.717, 1.165) is 4.90 Å². The molecule has 0 radical (unpaired) electrons. The standard InChI is InChI=1S/C9H8ClF3S/c10-7-1-3-8(4-2-7)14-6-5-9(11,12)13/h1-4H,5-6H2. The van der Waals surface area contributed by atoms with E-state index in [9.17, 15) is 13.2 Å². The van der Waals surface area contributed by atoms with Crippen molar-refractivity contribution in [3.63, 3.8) is 0 Å². The van der Waals surface area contributed by atoms with E-state index in [-0.39, 0.29) is 5.75 Å². The van der Waals surface area contributed by atoms with Gasteiger partial charge in [0, 0.05) is 15.7 Å². The molecule has 1 rings (SSSR count). The van der Waals surface area contributed by atoms with Gasteiger partial charge in [-0.05, 0) is 24.3 Å². The van der Waals surface area contributed by atoms with Crippen LogP contribution >= 0.6 is 23.4 Å². The zero-order valence-electron chi connectivity index (χ0n) is 7.14. The smallest absolute Gasteiger partial charge is 0.171 e. The van der Waals surface area contributed by atoms with Crippen LogP contribution in [-0.4, -0.2) is 11.9 Å². The Morgan fingerprint density at radius 1 is 1.14 bits per heavy atom. The second-order valence-corrected chi connectivity index (χ2v) is 4.27. The van der Waals surface area contributed by atoms with Crippen LogP contribution in [0.25, 0.3) is 0 Å². The molecule has 0 fully saturated rings. The van der Waals surface area contributed by atoms with Crippen molar-refractivity contribution in [3.05, 3.63) is 29.3 Å². The minimum atomic E-state index is -4.07. The maximum absolute atomic E-state index is 11.8. The summed E-state index contributed by atoms with van der Waals surface area (Å²) < 4.78 is 35.4. The predicted molar refractivity (Wildman–Crippen MR) is 52.8 cm³/mol. The Kier molecular flexibility index (Phi) is 4.13. The molecular formula is C9H8ClF3S. The molecule has 0 aliphatic rings. The first-order valence-corrected chi connectivity index (χ1v) is 5.29. The second kappa shape index (κ2) is 4.94. The molecule has 0 spiro atoms. The topological polar surface area (TPSA) is 0 Å². The van der Waals surface area contributed by atoms with Crippen molar-refractivity contribution in [1.82, 2.24) is 0 Å². The van der Waals surface area contributed by atoms with E-state index in [4.69, 9.17) is 11.6 Å². The molecule has 0 saturated carbocycles. The molecule has 0 bridgehead atoms. The zero-order valence-corrected chi connectivity index (χ0v) is 8.72. The van der Waals surface area contributed by atoms with Crippen molar-refractivity contribution >= 4 is 23.4 Å². The molecular weight excluding hydrogens is 233 g/mol.